The first-order valence-corrected chi connectivity index (χ1v) is 5.36. The second-order valence-corrected chi connectivity index (χ2v) is 3.67. The first-order chi connectivity index (χ1) is 6.27. The van der Waals surface area contributed by atoms with Crippen LogP contribution in [0.4, 0.5) is 0 Å². The van der Waals surface area contributed by atoms with Crippen LogP contribution in [0.15, 0.2) is 20.9 Å². The van der Waals surface area contributed by atoms with Gasteiger partial charge in [-0.15, -0.1) is 0 Å². The number of rotatable bonds is 3. The summed E-state index contributed by atoms with van der Waals surface area (Å²) in [4.78, 5) is 10.9. The molecule has 0 aliphatic carbocycles. The molecule has 13 heavy (non-hydrogen) atoms. The van der Waals surface area contributed by atoms with E-state index < -0.39 is 0 Å². The molecule has 1 rings (SSSR count). The van der Waals surface area contributed by atoms with Crippen molar-refractivity contribution in [2.75, 3.05) is 6.26 Å². The molecule has 0 N–H and O–H groups in total. The van der Waals surface area contributed by atoms with Crippen LogP contribution in [0.5, 0.6) is 0 Å². The fourth-order valence-electron chi connectivity index (χ4n) is 0.692. The lowest BCUT2D eigenvalue weighted by Gasteiger charge is -2.00. The lowest BCUT2D eigenvalue weighted by Crippen LogP contribution is -1.93. The van der Waals surface area contributed by atoms with E-state index >= 15 is 0 Å². The molecule has 7 heteroatoms. The van der Waals surface area contributed by atoms with Crippen molar-refractivity contribution in [3.8, 4) is 0 Å². The van der Waals surface area contributed by atoms with Crippen molar-refractivity contribution < 1.29 is 0 Å². The Hall–Kier alpha value is -0.780. The van der Waals surface area contributed by atoms with Gasteiger partial charge in [0, 0.05) is 11.1 Å². The molecular weight excluding hydrogens is 254 g/mol. The van der Waals surface area contributed by atoms with Gasteiger partial charge in [-0.25, -0.2) is 9.97 Å². The van der Waals surface area contributed by atoms with Crippen LogP contribution in [0.25, 0.3) is 10.4 Å². The van der Waals surface area contributed by atoms with E-state index in [-0.39, 0.29) is 6.54 Å². The molecule has 0 unspecified atom stereocenters. The van der Waals surface area contributed by atoms with E-state index in [2.05, 4.69) is 35.9 Å². The Bertz CT molecular complexity index is 349. The largest absolute Gasteiger partial charge is 0.230 e. The van der Waals surface area contributed by atoms with Gasteiger partial charge in [-0.3, -0.25) is 0 Å². The van der Waals surface area contributed by atoms with Crippen LogP contribution in [0.1, 0.15) is 5.69 Å². The minimum atomic E-state index is 0.243. The molecule has 0 aliphatic rings. The van der Waals surface area contributed by atoms with Crippen molar-refractivity contribution in [1.29, 1.82) is 0 Å². The van der Waals surface area contributed by atoms with Crippen LogP contribution >= 0.6 is 27.7 Å². The summed E-state index contributed by atoms with van der Waals surface area (Å²) in [6.07, 6.45) is 3.54. The third kappa shape index (κ3) is 2.87. The molecule has 0 spiro atoms. The van der Waals surface area contributed by atoms with Crippen LogP contribution in [0, 0.1) is 0 Å². The Morgan fingerprint density at radius 1 is 1.77 bits per heavy atom. The van der Waals surface area contributed by atoms with Gasteiger partial charge >= 0.3 is 0 Å². The van der Waals surface area contributed by atoms with Gasteiger partial charge in [-0.05, 0) is 27.7 Å². The number of thioether (sulfide) groups is 1. The molecule has 0 aliphatic heterocycles. The van der Waals surface area contributed by atoms with Crippen LogP contribution in [-0.4, -0.2) is 16.2 Å². The molecule has 0 aromatic carbocycles. The summed E-state index contributed by atoms with van der Waals surface area (Å²) in [5, 5.41) is 4.10. The number of azide groups is 1. The topological polar surface area (TPSA) is 74.5 Å². The number of hydrogen-bond donors (Lipinski definition) is 0. The minimum Gasteiger partial charge on any atom is -0.230 e. The SMILES string of the molecule is CSc1ncc(Br)c(CN=[N+]=[N-])n1. The van der Waals surface area contributed by atoms with E-state index in [1.54, 1.807) is 6.20 Å². The molecule has 1 aromatic rings. The second kappa shape index (κ2) is 5.06. The van der Waals surface area contributed by atoms with E-state index in [9.17, 15) is 0 Å². The van der Waals surface area contributed by atoms with Gasteiger partial charge in [-0.2, -0.15) is 0 Å². The van der Waals surface area contributed by atoms with Crippen molar-refractivity contribution in [3.63, 3.8) is 0 Å². The predicted molar refractivity (Wildman–Crippen MR) is 54.4 cm³/mol. The van der Waals surface area contributed by atoms with Gasteiger partial charge in [0.15, 0.2) is 5.16 Å². The molecule has 0 fully saturated rings. The summed E-state index contributed by atoms with van der Waals surface area (Å²) in [7, 11) is 0. The second-order valence-electron chi connectivity index (χ2n) is 2.04. The fraction of sp³-hybridized carbons (Fsp3) is 0.333. The first-order valence-electron chi connectivity index (χ1n) is 3.34. The number of aromatic nitrogens is 2. The summed E-state index contributed by atoms with van der Waals surface area (Å²) in [6.45, 7) is 0.243. The number of nitrogens with zero attached hydrogens (tertiary/aromatic N) is 5. The quantitative estimate of drug-likeness (QED) is 0.275. The maximum absolute atomic E-state index is 8.14. The van der Waals surface area contributed by atoms with Crippen molar-refractivity contribution in [3.05, 3.63) is 26.8 Å². The Kier molecular flexibility index (Phi) is 4.01. The highest BCUT2D eigenvalue weighted by molar-refractivity contribution is 9.10. The molecule has 1 aromatic heterocycles. The Balaban J connectivity index is 2.96. The number of hydrogen-bond acceptors (Lipinski definition) is 4. The lowest BCUT2D eigenvalue weighted by molar-refractivity contribution is 0.861. The highest BCUT2D eigenvalue weighted by Gasteiger charge is 2.02. The van der Waals surface area contributed by atoms with Gasteiger partial charge in [0.25, 0.3) is 0 Å². The molecule has 0 saturated heterocycles. The van der Waals surface area contributed by atoms with E-state index in [4.69, 9.17) is 5.53 Å². The maximum Gasteiger partial charge on any atom is 0.187 e. The molecule has 0 atom stereocenters. The first kappa shape index (κ1) is 10.3. The molecule has 0 amide bonds. The van der Waals surface area contributed by atoms with Crippen molar-refractivity contribution in [2.24, 2.45) is 5.11 Å². The highest BCUT2D eigenvalue weighted by atomic mass is 79.9. The standard InChI is InChI=1S/C6H6BrN5S/c1-13-6-9-2-4(7)5(11-6)3-10-12-8/h2H,3H2,1H3. The summed E-state index contributed by atoms with van der Waals surface area (Å²) in [5.41, 5.74) is 8.85. The third-order valence-electron chi connectivity index (χ3n) is 1.26. The van der Waals surface area contributed by atoms with Crippen molar-refractivity contribution >= 4 is 27.7 Å². The smallest absolute Gasteiger partial charge is 0.187 e. The van der Waals surface area contributed by atoms with Crippen LogP contribution in [0.2, 0.25) is 0 Å². The molecule has 0 radical (unpaired) electrons. The van der Waals surface area contributed by atoms with Crippen LogP contribution < -0.4 is 0 Å². The van der Waals surface area contributed by atoms with Gasteiger partial charge in [0.05, 0.1) is 16.7 Å². The van der Waals surface area contributed by atoms with Crippen LogP contribution in [-0.2, 0) is 6.54 Å². The zero-order valence-electron chi connectivity index (χ0n) is 6.81. The zero-order valence-corrected chi connectivity index (χ0v) is 9.21. The molecular formula is C6H6BrN5S. The average molecular weight is 260 g/mol. The van der Waals surface area contributed by atoms with E-state index in [0.29, 0.717) is 10.9 Å². The Morgan fingerprint density at radius 3 is 3.15 bits per heavy atom. The van der Waals surface area contributed by atoms with Gasteiger partial charge < -0.3 is 0 Å². The zero-order chi connectivity index (χ0) is 9.68. The van der Waals surface area contributed by atoms with Gasteiger partial charge in [0.2, 0.25) is 0 Å². The highest BCUT2D eigenvalue weighted by Crippen LogP contribution is 2.17. The summed E-state index contributed by atoms with van der Waals surface area (Å²) in [5.74, 6) is 0. The van der Waals surface area contributed by atoms with Gasteiger partial charge in [0.1, 0.15) is 0 Å². The molecule has 68 valence electrons. The molecule has 0 bridgehead atoms. The molecule has 5 nitrogen and oxygen atoms in total. The van der Waals surface area contributed by atoms with Crippen molar-refractivity contribution in [2.45, 2.75) is 11.7 Å². The fourth-order valence-corrected chi connectivity index (χ4v) is 1.37. The van der Waals surface area contributed by atoms with E-state index in [0.717, 1.165) is 4.47 Å². The van der Waals surface area contributed by atoms with Gasteiger partial charge in [-0.1, -0.05) is 16.9 Å². The minimum absolute atomic E-state index is 0.243. The van der Waals surface area contributed by atoms with E-state index in [1.165, 1.54) is 11.8 Å². The molecule has 1 heterocycles. The average Bonchev–Trinajstić information content (AvgIpc) is 2.17. The molecule has 0 saturated carbocycles. The summed E-state index contributed by atoms with van der Waals surface area (Å²) >= 11 is 4.72. The summed E-state index contributed by atoms with van der Waals surface area (Å²) in [6, 6.07) is 0. The summed E-state index contributed by atoms with van der Waals surface area (Å²) < 4.78 is 0.762. The van der Waals surface area contributed by atoms with Crippen molar-refractivity contribution in [1.82, 2.24) is 9.97 Å². The van der Waals surface area contributed by atoms with Crippen LogP contribution in [0.3, 0.4) is 0 Å². The number of halogens is 1. The third-order valence-corrected chi connectivity index (χ3v) is 2.49. The maximum atomic E-state index is 8.14. The normalized spacial score (nSPS) is 9.38. The van der Waals surface area contributed by atoms with E-state index in [1.807, 2.05) is 6.26 Å². The Morgan fingerprint density at radius 2 is 2.54 bits per heavy atom. The Labute approximate surface area is 87.7 Å². The monoisotopic (exact) mass is 259 g/mol. The predicted octanol–water partition coefficient (Wildman–Crippen LogP) is 2.77. The lowest BCUT2D eigenvalue weighted by atomic mass is 10.4.